The summed E-state index contributed by atoms with van der Waals surface area (Å²) in [5.41, 5.74) is 0. The molecule has 18 heavy (non-hydrogen) atoms. The molecule has 1 amide bonds. The van der Waals surface area contributed by atoms with E-state index in [9.17, 15) is 4.79 Å². The zero-order valence-electron chi connectivity index (χ0n) is 9.33. The molecule has 7 nitrogen and oxygen atoms in total. The molecule has 1 saturated heterocycles. The largest absolute Gasteiger partial charge is 0.483 e. The highest BCUT2D eigenvalue weighted by atomic mass is 32.1. The van der Waals surface area contributed by atoms with Gasteiger partial charge in [-0.3, -0.25) is 9.59 Å². The molecule has 2 N–H and O–H groups in total. The Morgan fingerprint density at radius 1 is 1.78 bits per heavy atom. The van der Waals surface area contributed by atoms with Gasteiger partial charge in [0, 0.05) is 6.61 Å². The standard InChI is InChI=1S/C9H9N3O2S.CH2O2/c10-3-7-4-11-9(15-7)12-8(13)6-1-2-14-5-6;2-1-3/h4,6H,1-2,5H2,(H,11,12,13);1H,(H,2,3). The van der Waals surface area contributed by atoms with Gasteiger partial charge in [0.15, 0.2) is 5.13 Å². The number of amides is 1. The third-order valence-corrected chi connectivity index (χ3v) is 2.96. The highest BCUT2D eigenvalue weighted by Crippen LogP contribution is 2.19. The molecular weight excluding hydrogens is 258 g/mol. The summed E-state index contributed by atoms with van der Waals surface area (Å²) in [5.74, 6) is -0.161. The van der Waals surface area contributed by atoms with Crippen molar-refractivity contribution in [2.75, 3.05) is 18.5 Å². The van der Waals surface area contributed by atoms with Gasteiger partial charge in [0.05, 0.1) is 18.7 Å². The van der Waals surface area contributed by atoms with Gasteiger partial charge in [0.25, 0.3) is 6.47 Å². The van der Waals surface area contributed by atoms with E-state index >= 15 is 0 Å². The van der Waals surface area contributed by atoms with Crippen molar-refractivity contribution in [3.63, 3.8) is 0 Å². The Morgan fingerprint density at radius 2 is 2.50 bits per heavy atom. The predicted molar refractivity (Wildman–Crippen MR) is 63.1 cm³/mol. The van der Waals surface area contributed by atoms with Crippen LogP contribution in [0.25, 0.3) is 0 Å². The molecule has 2 rings (SSSR count). The van der Waals surface area contributed by atoms with Crippen molar-refractivity contribution >= 4 is 28.8 Å². The molecule has 96 valence electrons. The molecule has 1 aliphatic heterocycles. The number of rotatable bonds is 2. The first-order chi connectivity index (χ1) is 8.71. The lowest BCUT2D eigenvalue weighted by Gasteiger charge is -2.05. The summed E-state index contributed by atoms with van der Waals surface area (Å²) in [4.78, 5) is 24.4. The van der Waals surface area contributed by atoms with E-state index < -0.39 is 0 Å². The minimum atomic E-state index is -0.250. The van der Waals surface area contributed by atoms with E-state index in [4.69, 9.17) is 19.9 Å². The molecule has 0 saturated carbocycles. The van der Waals surface area contributed by atoms with Gasteiger partial charge in [0.2, 0.25) is 5.91 Å². The number of hydrogen-bond acceptors (Lipinski definition) is 6. The molecule has 1 atom stereocenters. The lowest BCUT2D eigenvalue weighted by Crippen LogP contribution is -2.22. The Balaban J connectivity index is 0.000000492. The maximum Gasteiger partial charge on any atom is 0.290 e. The third kappa shape index (κ3) is 4.12. The van der Waals surface area contributed by atoms with E-state index in [1.54, 1.807) is 0 Å². The van der Waals surface area contributed by atoms with Crippen molar-refractivity contribution in [1.82, 2.24) is 4.98 Å². The second kappa shape index (κ2) is 7.37. The zero-order chi connectivity index (χ0) is 13.4. The summed E-state index contributed by atoms with van der Waals surface area (Å²) in [5, 5.41) is 18.6. The van der Waals surface area contributed by atoms with Crippen LogP contribution < -0.4 is 5.32 Å². The van der Waals surface area contributed by atoms with E-state index in [1.165, 1.54) is 17.5 Å². The molecule has 0 bridgehead atoms. The van der Waals surface area contributed by atoms with Gasteiger partial charge in [0.1, 0.15) is 10.9 Å². The summed E-state index contributed by atoms with van der Waals surface area (Å²) >= 11 is 1.18. The molecule has 1 aromatic rings. The molecule has 2 heterocycles. The molecule has 1 aliphatic rings. The number of nitrogens with one attached hydrogen (secondary N) is 1. The van der Waals surface area contributed by atoms with E-state index in [0.29, 0.717) is 23.2 Å². The van der Waals surface area contributed by atoms with Crippen LogP contribution in [0.5, 0.6) is 0 Å². The second-order valence-electron chi connectivity index (χ2n) is 3.30. The number of carbonyl (C=O) groups excluding carboxylic acids is 1. The number of hydrogen-bond donors (Lipinski definition) is 2. The number of anilines is 1. The van der Waals surface area contributed by atoms with Crippen molar-refractivity contribution in [3.05, 3.63) is 11.1 Å². The first-order valence-electron chi connectivity index (χ1n) is 5.03. The Morgan fingerprint density at radius 3 is 3.00 bits per heavy atom. The number of thiazole rings is 1. The fourth-order valence-electron chi connectivity index (χ4n) is 1.33. The van der Waals surface area contributed by atoms with Crippen LogP contribution in [-0.4, -0.2) is 35.7 Å². The van der Waals surface area contributed by atoms with E-state index in [1.807, 2.05) is 6.07 Å². The van der Waals surface area contributed by atoms with Crippen molar-refractivity contribution in [2.45, 2.75) is 6.42 Å². The summed E-state index contributed by atoms with van der Waals surface area (Å²) in [7, 11) is 0. The summed E-state index contributed by atoms with van der Waals surface area (Å²) in [6.45, 7) is 0.863. The number of carboxylic acid groups (broad SMARTS) is 1. The molecule has 1 fully saturated rings. The molecule has 0 radical (unpaired) electrons. The maximum absolute atomic E-state index is 11.6. The van der Waals surface area contributed by atoms with Gasteiger partial charge >= 0.3 is 0 Å². The normalized spacial score (nSPS) is 17.2. The molecule has 1 unspecified atom stereocenters. The molecular formula is C10H11N3O4S. The van der Waals surface area contributed by atoms with Crippen LogP contribution in [0.15, 0.2) is 6.20 Å². The van der Waals surface area contributed by atoms with Crippen molar-refractivity contribution in [3.8, 4) is 6.07 Å². The second-order valence-corrected chi connectivity index (χ2v) is 4.33. The molecule has 0 spiro atoms. The van der Waals surface area contributed by atoms with Crippen molar-refractivity contribution in [2.24, 2.45) is 5.92 Å². The zero-order valence-corrected chi connectivity index (χ0v) is 10.1. The first-order valence-corrected chi connectivity index (χ1v) is 5.85. The van der Waals surface area contributed by atoms with E-state index in [0.717, 1.165) is 6.42 Å². The fraction of sp³-hybridized carbons (Fsp3) is 0.400. The van der Waals surface area contributed by atoms with Crippen molar-refractivity contribution < 1.29 is 19.4 Å². The predicted octanol–water partition coefficient (Wildman–Crippen LogP) is 0.691. The molecule has 0 aliphatic carbocycles. The fourth-order valence-corrected chi connectivity index (χ4v) is 1.95. The van der Waals surface area contributed by atoms with Crippen molar-refractivity contribution in [1.29, 1.82) is 5.26 Å². The number of ether oxygens (including phenoxy) is 1. The lowest BCUT2D eigenvalue weighted by molar-refractivity contribution is -0.123. The van der Waals surface area contributed by atoms with Crippen LogP contribution in [-0.2, 0) is 14.3 Å². The number of aromatic nitrogens is 1. The van der Waals surface area contributed by atoms with Gasteiger partial charge in [-0.15, -0.1) is 0 Å². The first kappa shape index (κ1) is 14.1. The highest BCUT2D eigenvalue weighted by molar-refractivity contribution is 7.16. The number of carbonyl (C=O) groups is 2. The average molecular weight is 269 g/mol. The summed E-state index contributed by atoms with van der Waals surface area (Å²) < 4.78 is 5.11. The molecule has 0 aromatic carbocycles. The average Bonchev–Trinajstić information content (AvgIpc) is 3.00. The van der Waals surface area contributed by atoms with Gasteiger partial charge in [-0.2, -0.15) is 5.26 Å². The molecule has 8 heteroatoms. The van der Waals surface area contributed by atoms with Crippen LogP contribution in [0.3, 0.4) is 0 Å². The quantitative estimate of drug-likeness (QED) is 0.764. The SMILES string of the molecule is N#Cc1cnc(NC(=O)C2CCOC2)s1.O=CO. The van der Waals surface area contributed by atoms with E-state index in [2.05, 4.69) is 10.3 Å². The molecule has 1 aromatic heterocycles. The Bertz CT molecular complexity index is 448. The topological polar surface area (TPSA) is 112 Å². The van der Waals surface area contributed by atoms with Crippen LogP contribution in [0.4, 0.5) is 5.13 Å². The smallest absolute Gasteiger partial charge is 0.290 e. The van der Waals surface area contributed by atoms with Crippen LogP contribution in [0.1, 0.15) is 11.3 Å². The third-order valence-electron chi connectivity index (χ3n) is 2.15. The highest BCUT2D eigenvalue weighted by Gasteiger charge is 2.24. The van der Waals surface area contributed by atoms with Gasteiger partial charge < -0.3 is 15.2 Å². The lowest BCUT2D eigenvalue weighted by atomic mass is 10.1. The van der Waals surface area contributed by atoms with Crippen LogP contribution in [0.2, 0.25) is 0 Å². The van der Waals surface area contributed by atoms with Gasteiger partial charge in [-0.25, -0.2) is 4.98 Å². The van der Waals surface area contributed by atoms with Gasteiger partial charge in [-0.1, -0.05) is 11.3 Å². The van der Waals surface area contributed by atoms with Gasteiger partial charge in [-0.05, 0) is 6.42 Å². The summed E-state index contributed by atoms with van der Waals surface area (Å²) in [6.07, 6.45) is 2.20. The number of nitriles is 1. The Labute approximate surface area is 107 Å². The Kier molecular flexibility index (Phi) is 5.76. The number of nitrogens with zero attached hydrogens (tertiary/aromatic N) is 2. The van der Waals surface area contributed by atoms with Crippen LogP contribution in [0, 0.1) is 17.2 Å². The minimum absolute atomic E-state index is 0.0775. The monoisotopic (exact) mass is 269 g/mol. The van der Waals surface area contributed by atoms with E-state index in [-0.39, 0.29) is 18.3 Å². The Hall–Kier alpha value is -1.98. The summed E-state index contributed by atoms with van der Waals surface area (Å²) in [6, 6.07) is 1.97. The van der Waals surface area contributed by atoms with Crippen LogP contribution >= 0.6 is 11.3 Å². The maximum atomic E-state index is 11.6. The minimum Gasteiger partial charge on any atom is -0.483 e.